The quantitative estimate of drug-likeness (QED) is 0.628. The number of phenolic OH excluding ortho intramolecular Hbond substituents is 1. The molecule has 0 aliphatic rings. The number of carboxylic acid groups (broad SMARTS) is 1. The topological polar surface area (TPSA) is 89.1 Å². The average molecular weight is 250 g/mol. The molecule has 2 aromatic rings. The first-order chi connectivity index (χ1) is 8.06. The molecule has 1 heterocycles. The number of rotatable bonds is 3. The number of carbonyl (C=O) groups is 1. The number of aromatic carboxylic acids is 1. The van der Waals surface area contributed by atoms with Gasteiger partial charge in [-0.2, -0.15) is 0 Å². The number of benzene rings is 1. The van der Waals surface area contributed by atoms with Gasteiger partial charge in [-0.1, -0.05) is 12.1 Å². The molecule has 1 aromatic heterocycles. The second kappa shape index (κ2) is 4.42. The summed E-state index contributed by atoms with van der Waals surface area (Å²) in [6.07, 6.45) is 0.364. The lowest BCUT2D eigenvalue weighted by Crippen LogP contribution is -2.02. The van der Waals surface area contributed by atoms with Gasteiger partial charge in [-0.15, -0.1) is 0 Å². The molecule has 0 bridgehead atoms. The standard InChI is InChI=1S/C11H10N2O3S/c14-7-3-1-2-6(4-7)5-8-9(10(15)16)13-11(17)12-8/h1-4,14H,5H2,(H,15,16)(H2,12,13,17). The summed E-state index contributed by atoms with van der Waals surface area (Å²) in [5.41, 5.74) is 1.35. The molecule has 6 heteroatoms. The average Bonchev–Trinajstić information content (AvgIpc) is 2.59. The van der Waals surface area contributed by atoms with Gasteiger partial charge in [0, 0.05) is 6.42 Å². The molecule has 5 nitrogen and oxygen atoms in total. The number of aromatic amines is 2. The predicted octanol–water partition coefficient (Wildman–Crippen LogP) is 2.07. The Bertz CT molecular complexity index is 615. The Kier molecular flexibility index (Phi) is 2.97. The third-order valence-electron chi connectivity index (χ3n) is 2.31. The van der Waals surface area contributed by atoms with E-state index in [2.05, 4.69) is 9.97 Å². The molecule has 0 atom stereocenters. The Morgan fingerprint density at radius 2 is 2.12 bits per heavy atom. The molecule has 1 aromatic carbocycles. The zero-order valence-electron chi connectivity index (χ0n) is 8.73. The van der Waals surface area contributed by atoms with Crippen LogP contribution >= 0.6 is 12.2 Å². The minimum Gasteiger partial charge on any atom is -0.508 e. The van der Waals surface area contributed by atoms with Crippen LogP contribution in [-0.4, -0.2) is 26.2 Å². The van der Waals surface area contributed by atoms with Crippen LogP contribution in [0.1, 0.15) is 21.7 Å². The Labute approximate surface area is 102 Å². The zero-order valence-corrected chi connectivity index (χ0v) is 9.54. The van der Waals surface area contributed by atoms with Crippen molar-refractivity contribution in [2.24, 2.45) is 0 Å². The van der Waals surface area contributed by atoms with E-state index >= 15 is 0 Å². The summed E-state index contributed by atoms with van der Waals surface area (Å²) in [6.45, 7) is 0. The number of phenols is 1. The molecule has 0 amide bonds. The van der Waals surface area contributed by atoms with Gasteiger partial charge in [0.1, 0.15) is 11.4 Å². The van der Waals surface area contributed by atoms with Gasteiger partial charge in [-0.3, -0.25) is 0 Å². The van der Waals surface area contributed by atoms with Crippen LogP contribution in [0.15, 0.2) is 24.3 Å². The number of hydrogen-bond donors (Lipinski definition) is 4. The van der Waals surface area contributed by atoms with Crippen molar-refractivity contribution in [3.63, 3.8) is 0 Å². The maximum Gasteiger partial charge on any atom is 0.354 e. The molecule has 4 N–H and O–H groups in total. The summed E-state index contributed by atoms with van der Waals surface area (Å²) >= 11 is 4.86. The smallest absolute Gasteiger partial charge is 0.354 e. The van der Waals surface area contributed by atoms with E-state index in [1.54, 1.807) is 24.3 Å². The van der Waals surface area contributed by atoms with Crippen molar-refractivity contribution in [3.05, 3.63) is 46.0 Å². The molecule has 0 aliphatic carbocycles. The van der Waals surface area contributed by atoms with Crippen LogP contribution in [0.3, 0.4) is 0 Å². The number of nitrogens with one attached hydrogen (secondary N) is 2. The second-order valence-electron chi connectivity index (χ2n) is 3.58. The molecule has 0 saturated carbocycles. The van der Waals surface area contributed by atoms with Crippen LogP contribution in [0.5, 0.6) is 5.75 Å². The van der Waals surface area contributed by atoms with Crippen molar-refractivity contribution in [1.29, 1.82) is 0 Å². The lowest BCUT2D eigenvalue weighted by molar-refractivity contribution is 0.0690. The summed E-state index contributed by atoms with van der Waals surface area (Å²) in [5.74, 6) is -0.916. The number of aromatic nitrogens is 2. The van der Waals surface area contributed by atoms with E-state index in [9.17, 15) is 9.90 Å². The molecule has 0 aliphatic heterocycles. The number of aromatic hydroxyl groups is 1. The van der Waals surface area contributed by atoms with Crippen molar-refractivity contribution in [1.82, 2.24) is 9.97 Å². The Morgan fingerprint density at radius 3 is 2.76 bits per heavy atom. The molecule has 0 saturated heterocycles. The lowest BCUT2D eigenvalue weighted by Gasteiger charge is -2.01. The van der Waals surface area contributed by atoms with Crippen molar-refractivity contribution in [2.45, 2.75) is 6.42 Å². The van der Waals surface area contributed by atoms with Gasteiger partial charge < -0.3 is 20.2 Å². The fourth-order valence-electron chi connectivity index (χ4n) is 1.61. The Morgan fingerprint density at radius 1 is 1.35 bits per heavy atom. The van der Waals surface area contributed by atoms with E-state index in [4.69, 9.17) is 17.3 Å². The van der Waals surface area contributed by atoms with Crippen LogP contribution in [0, 0.1) is 4.77 Å². The summed E-state index contributed by atoms with van der Waals surface area (Å²) < 4.78 is 0.276. The summed E-state index contributed by atoms with van der Waals surface area (Å²) in [7, 11) is 0. The monoisotopic (exact) mass is 250 g/mol. The molecule has 17 heavy (non-hydrogen) atoms. The first-order valence-corrected chi connectivity index (χ1v) is 5.29. The highest BCUT2D eigenvalue weighted by Crippen LogP contribution is 2.16. The van der Waals surface area contributed by atoms with E-state index < -0.39 is 5.97 Å². The maximum atomic E-state index is 10.9. The highest BCUT2D eigenvalue weighted by Gasteiger charge is 2.13. The number of H-pyrrole nitrogens is 2. The van der Waals surface area contributed by atoms with Gasteiger partial charge in [0.25, 0.3) is 0 Å². The van der Waals surface area contributed by atoms with Gasteiger partial charge in [0.15, 0.2) is 4.77 Å². The van der Waals surface area contributed by atoms with Crippen LogP contribution < -0.4 is 0 Å². The van der Waals surface area contributed by atoms with Crippen LogP contribution in [0.2, 0.25) is 0 Å². The maximum absolute atomic E-state index is 10.9. The molecule has 88 valence electrons. The van der Waals surface area contributed by atoms with E-state index in [0.29, 0.717) is 12.1 Å². The number of imidazole rings is 1. The fraction of sp³-hybridized carbons (Fsp3) is 0.0909. The summed E-state index contributed by atoms with van der Waals surface area (Å²) in [4.78, 5) is 16.3. The highest BCUT2D eigenvalue weighted by molar-refractivity contribution is 7.71. The molecular formula is C11H10N2O3S. The van der Waals surface area contributed by atoms with Crippen molar-refractivity contribution in [2.75, 3.05) is 0 Å². The minimum absolute atomic E-state index is 0.0540. The third-order valence-corrected chi connectivity index (χ3v) is 2.51. The van der Waals surface area contributed by atoms with Crippen LogP contribution in [-0.2, 0) is 6.42 Å². The van der Waals surface area contributed by atoms with Gasteiger partial charge >= 0.3 is 5.97 Å². The number of hydrogen-bond acceptors (Lipinski definition) is 3. The summed E-state index contributed by atoms with van der Waals surface area (Å²) in [5, 5.41) is 18.3. The predicted molar refractivity (Wildman–Crippen MR) is 63.8 cm³/mol. The first-order valence-electron chi connectivity index (χ1n) is 4.88. The van der Waals surface area contributed by atoms with Crippen LogP contribution in [0.4, 0.5) is 0 Å². The largest absolute Gasteiger partial charge is 0.508 e. The van der Waals surface area contributed by atoms with Crippen molar-refractivity contribution < 1.29 is 15.0 Å². The van der Waals surface area contributed by atoms with Crippen LogP contribution in [0.25, 0.3) is 0 Å². The van der Waals surface area contributed by atoms with E-state index in [1.165, 1.54) is 0 Å². The molecule has 0 unspecified atom stereocenters. The van der Waals surface area contributed by atoms with E-state index in [1.807, 2.05) is 0 Å². The van der Waals surface area contributed by atoms with Gasteiger partial charge in [-0.05, 0) is 29.9 Å². The normalized spacial score (nSPS) is 10.4. The second-order valence-corrected chi connectivity index (χ2v) is 3.99. The molecular weight excluding hydrogens is 240 g/mol. The molecule has 0 radical (unpaired) electrons. The SMILES string of the molecule is O=C(O)c1[nH]c(=S)[nH]c1Cc1cccc(O)c1. The zero-order chi connectivity index (χ0) is 12.4. The van der Waals surface area contributed by atoms with Gasteiger partial charge in [-0.25, -0.2) is 4.79 Å². The van der Waals surface area contributed by atoms with E-state index in [-0.39, 0.29) is 16.2 Å². The third kappa shape index (κ3) is 2.54. The fourth-order valence-corrected chi connectivity index (χ4v) is 1.83. The Balaban J connectivity index is 2.36. The Hall–Kier alpha value is -2.08. The van der Waals surface area contributed by atoms with Gasteiger partial charge in [0.05, 0.1) is 5.69 Å². The van der Waals surface area contributed by atoms with Crippen molar-refractivity contribution >= 4 is 18.2 Å². The van der Waals surface area contributed by atoms with Crippen molar-refractivity contribution in [3.8, 4) is 5.75 Å². The molecule has 0 fully saturated rings. The highest BCUT2D eigenvalue weighted by atomic mass is 32.1. The lowest BCUT2D eigenvalue weighted by atomic mass is 10.1. The first kappa shape index (κ1) is 11.4. The summed E-state index contributed by atoms with van der Waals surface area (Å²) in [6, 6.07) is 6.64. The van der Waals surface area contributed by atoms with E-state index in [0.717, 1.165) is 5.56 Å². The molecule has 0 spiro atoms. The van der Waals surface area contributed by atoms with Gasteiger partial charge in [0.2, 0.25) is 0 Å². The minimum atomic E-state index is -1.06. The number of carboxylic acids is 1. The molecule has 2 rings (SSSR count).